The van der Waals surface area contributed by atoms with Gasteiger partial charge >= 0.3 is 0 Å². The zero-order valence-corrected chi connectivity index (χ0v) is 15.1. The molecule has 2 atom stereocenters. The van der Waals surface area contributed by atoms with Crippen LogP contribution in [0.15, 0.2) is 24.3 Å². The van der Waals surface area contributed by atoms with Crippen LogP contribution in [-0.2, 0) is 22.7 Å². The van der Waals surface area contributed by atoms with Crippen molar-refractivity contribution in [3.05, 3.63) is 35.4 Å². The van der Waals surface area contributed by atoms with Gasteiger partial charge in [-0.25, -0.2) is 0 Å². The lowest BCUT2D eigenvalue weighted by molar-refractivity contribution is -0.122. The minimum absolute atomic E-state index is 0.150. The van der Waals surface area contributed by atoms with E-state index >= 15 is 0 Å². The van der Waals surface area contributed by atoms with E-state index in [4.69, 9.17) is 4.74 Å². The van der Waals surface area contributed by atoms with Crippen LogP contribution in [0.3, 0.4) is 0 Å². The minimum atomic E-state index is 0.150. The molecule has 1 saturated heterocycles. The predicted octanol–water partition coefficient (Wildman–Crippen LogP) is 3.26. The van der Waals surface area contributed by atoms with Crippen LogP contribution in [0.25, 0.3) is 0 Å². The van der Waals surface area contributed by atoms with Gasteiger partial charge in [-0.3, -0.25) is 4.79 Å². The largest absolute Gasteiger partial charge is 0.377 e. The summed E-state index contributed by atoms with van der Waals surface area (Å²) in [6.45, 7) is 8.44. The summed E-state index contributed by atoms with van der Waals surface area (Å²) in [6.07, 6.45) is 4.09. The second-order valence-corrected chi connectivity index (χ2v) is 6.89. The topological polar surface area (TPSA) is 50.4 Å². The fraction of sp³-hybridized carbons (Fsp3) is 0.650. The molecule has 2 rings (SSSR count). The van der Waals surface area contributed by atoms with Crippen molar-refractivity contribution in [2.45, 2.75) is 52.7 Å². The molecule has 1 fully saturated rings. The number of carbonyl (C=O) groups excluding carboxylic acids is 1. The molecule has 1 aliphatic heterocycles. The number of hydrogen-bond donors (Lipinski definition) is 2. The summed E-state index contributed by atoms with van der Waals surface area (Å²) in [5.74, 6) is 1.21. The summed E-state index contributed by atoms with van der Waals surface area (Å²) in [4.78, 5) is 12.3. The molecule has 0 bridgehead atoms. The molecule has 1 amide bonds. The molecule has 2 unspecified atom stereocenters. The highest BCUT2D eigenvalue weighted by Crippen LogP contribution is 2.22. The van der Waals surface area contributed by atoms with Gasteiger partial charge in [-0.15, -0.1) is 0 Å². The van der Waals surface area contributed by atoms with Gasteiger partial charge in [-0.1, -0.05) is 38.1 Å². The van der Waals surface area contributed by atoms with Crippen molar-refractivity contribution in [3.8, 4) is 0 Å². The lowest BCUT2D eigenvalue weighted by atomic mass is 9.85. The van der Waals surface area contributed by atoms with Gasteiger partial charge in [-0.2, -0.15) is 0 Å². The Morgan fingerprint density at radius 3 is 2.88 bits per heavy atom. The van der Waals surface area contributed by atoms with Crippen LogP contribution in [0.1, 0.15) is 50.7 Å². The Labute approximate surface area is 146 Å². The quantitative estimate of drug-likeness (QED) is 0.683. The normalized spacial score (nSPS) is 19.0. The zero-order valence-electron chi connectivity index (χ0n) is 15.1. The first-order valence-corrected chi connectivity index (χ1v) is 9.32. The van der Waals surface area contributed by atoms with E-state index in [0.717, 1.165) is 37.2 Å². The number of rotatable bonds is 9. The Kier molecular flexibility index (Phi) is 8.26. The van der Waals surface area contributed by atoms with Gasteiger partial charge in [0, 0.05) is 19.6 Å². The van der Waals surface area contributed by atoms with E-state index in [0.29, 0.717) is 31.4 Å². The number of carbonyl (C=O) groups is 1. The first kappa shape index (κ1) is 18.9. The molecular weight excluding hydrogens is 300 g/mol. The average molecular weight is 332 g/mol. The first-order chi connectivity index (χ1) is 11.7. The van der Waals surface area contributed by atoms with Crippen molar-refractivity contribution in [2.75, 3.05) is 19.7 Å². The molecule has 0 spiro atoms. The lowest BCUT2D eigenvalue weighted by Crippen LogP contribution is -2.35. The smallest absolute Gasteiger partial charge is 0.220 e. The maximum atomic E-state index is 12.3. The molecule has 24 heavy (non-hydrogen) atoms. The highest BCUT2D eigenvalue weighted by atomic mass is 16.5. The molecule has 0 aromatic heterocycles. The SMILES string of the molecule is CCCOCc1ccccc1CNC(=O)CC(C)C1CCCNC1. The number of piperidine rings is 1. The molecule has 2 N–H and O–H groups in total. The molecular formula is C20H32N2O2. The van der Waals surface area contributed by atoms with Crippen molar-refractivity contribution >= 4 is 5.91 Å². The van der Waals surface area contributed by atoms with Gasteiger partial charge < -0.3 is 15.4 Å². The summed E-state index contributed by atoms with van der Waals surface area (Å²) >= 11 is 0. The summed E-state index contributed by atoms with van der Waals surface area (Å²) in [7, 11) is 0. The third-order valence-electron chi connectivity index (χ3n) is 4.85. The number of nitrogens with one attached hydrogen (secondary N) is 2. The molecule has 4 heteroatoms. The van der Waals surface area contributed by atoms with Gasteiger partial charge in [0.05, 0.1) is 6.61 Å². The molecule has 1 aromatic carbocycles. The maximum Gasteiger partial charge on any atom is 0.220 e. The fourth-order valence-corrected chi connectivity index (χ4v) is 3.29. The molecule has 1 aromatic rings. The van der Waals surface area contributed by atoms with Crippen molar-refractivity contribution in [1.82, 2.24) is 10.6 Å². The van der Waals surface area contributed by atoms with Crippen LogP contribution in [0, 0.1) is 11.8 Å². The third-order valence-corrected chi connectivity index (χ3v) is 4.85. The predicted molar refractivity (Wildman–Crippen MR) is 97.6 cm³/mol. The second kappa shape index (κ2) is 10.5. The number of amides is 1. The molecule has 4 nitrogen and oxygen atoms in total. The molecule has 0 radical (unpaired) electrons. The Morgan fingerprint density at radius 1 is 1.38 bits per heavy atom. The highest BCUT2D eigenvalue weighted by molar-refractivity contribution is 5.76. The summed E-state index contributed by atoms with van der Waals surface area (Å²) in [5.41, 5.74) is 2.31. The third kappa shape index (κ3) is 6.25. The van der Waals surface area contributed by atoms with E-state index in [1.165, 1.54) is 12.8 Å². The lowest BCUT2D eigenvalue weighted by Gasteiger charge is -2.28. The standard InChI is InChI=1S/C20H32N2O2/c1-3-11-24-15-19-8-5-4-7-18(19)14-22-20(23)12-16(2)17-9-6-10-21-13-17/h4-5,7-8,16-17,21H,3,6,9-15H2,1-2H3,(H,22,23). The monoisotopic (exact) mass is 332 g/mol. The number of hydrogen-bond acceptors (Lipinski definition) is 3. The molecule has 1 aliphatic rings. The van der Waals surface area contributed by atoms with Crippen LogP contribution in [-0.4, -0.2) is 25.6 Å². The minimum Gasteiger partial charge on any atom is -0.377 e. The Morgan fingerprint density at radius 2 is 2.17 bits per heavy atom. The summed E-state index contributed by atoms with van der Waals surface area (Å²) in [6, 6.07) is 8.18. The van der Waals surface area contributed by atoms with E-state index in [2.05, 4.69) is 36.6 Å². The first-order valence-electron chi connectivity index (χ1n) is 9.32. The zero-order chi connectivity index (χ0) is 17.2. The van der Waals surface area contributed by atoms with Crippen LogP contribution >= 0.6 is 0 Å². The summed E-state index contributed by atoms with van der Waals surface area (Å²) in [5, 5.41) is 6.52. The van der Waals surface area contributed by atoms with Gasteiger partial charge in [0.25, 0.3) is 0 Å². The van der Waals surface area contributed by atoms with Gasteiger partial charge in [0.2, 0.25) is 5.91 Å². The Balaban J connectivity index is 1.78. The van der Waals surface area contributed by atoms with E-state index in [9.17, 15) is 4.79 Å². The summed E-state index contributed by atoms with van der Waals surface area (Å²) < 4.78 is 5.64. The van der Waals surface area contributed by atoms with Gasteiger partial charge in [0.1, 0.15) is 0 Å². The molecule has 0 saturated carbocycles. The average Bonchev–Trinajstić information content (AvgIpc) is 2.62. The molecule has 1 heterocycles. The van der Waals surface area contributed by atoms with Crippen LogP contribution in [0.4, 0.5) is 0 Å². The molecule has 134 valence electrons. The molecule has 0 aliphatic carbocycles. The van der Waals surface area contributed by atoms with E-state index in [1.807, 2.05) is 12.1 Å². The van der Waals surface area contributed by atoms with E-state index < -0.39 is 0 Å². The van der Waals surface area contributed by atoms with Crippen molar-refractivity contribution in [3.63, 3.8) is 0 Å². The van der Waals surface area contributed by atoms with E-state index in [-0.39, 0.29) is 5.91 Å². The van der Waals surface area contributed by atoms with Crippen LogP contribution < -0.4 is 10.6 Å². The Bertz CT molecular complexity index is 498. The fourth-order valence-electron chi connectivity index (χ4n) is 3.29. The van der Waals surface area contributed by atoms with Crippen LogP contribution in [0.5, 0.6) is 0 Å². The van der Waals surface area contributed by atoms with Crippen molar-refractivity contribution in [1.29, 1.82) is 0 Å². The second-order valence-electron chi connectivity index (χ2n) is 6.89. The number of benzene rings is 1. The van der Waals surface area contributed by atoms with Crippen molar-refractivity contribution in [2.24, 2.45) is 11.8 Å². The van der Waals surface area contributed by atoms with E-state index in [1.54, 1.807) is 0 Å². The van der Waals surface area contributed by atoms with Crippen molar-refractivity contribution < 1.29 is 9.53 Å². The Hall–Kier alpha value is -1.39. The maximum absolute atomic E-state index is 12.3. The van der Waals surface area contributed by atoms with Gasteiger partial charge in [-0.05, 0) is 55.3 Å². The number of ether oxygens (including phenoxy) is 1. The van der Waals surface area contributed by atoms with Gasteiger partial charge in [0.15, 0.2) is 0 Å². The highest BCUT2D eigenvalue weighted by Gasteiger charge is 2.21. The van der Waals surface area contributed by atoms with Crippen LogP contribution in [0.2, 0.25) is 0 Å².